The molecule has 0 aliphatic heterocycles. The van der Waals surface area contributed by atoms with E-state index in [-0.39, 0.29) is 0 Å². The van der Waals surface area contributed by atoms with E-state index in [1.165, 1.54) is 18.4 Å². The summed E-state index contributed by atoms with van der Waals surface area (Å²) in [4.78, 5) is 4.39. The molecule has 1 aliphatic rings. The van der Waals surface area contributed by atoms with Gasteiger partial charge in [0.15, 0.2) is 0 Å². The maximum Gasteiger partial charge on any atom is 0.0445 e. The highest BCUT2D eigenvalue weighted by molar-refractivity contribution is 6.31. The predicted octanol–water partition coefficient (Wildman–Crippen LogP) is 3.87. The van der Waals surface area contributed by atoms with Crippen molar-refractivity contribution in [3.05, 3.63) is 34.1 Å². The van der Waals surface area contributed by atoms with Crippen LogP contribution in [0, 0.1) is 6.92 Å². The summed E-state index contributed by atoms with van der Waals surface area (Å²) in [5, 5.41) is 0.808. The Labute approximate surface area is 89.8 Å². The molecule has 1 saturated carbocycles. The minimum Gasteiger partial charge on any atom is -0.261 e. The molecule has 0 amide bonds. The maximum atomic E-state index is 5.87. The molecule has 1 heterocycles. The van der Waals surface area contributed by atoms with E-state index in [2.05, 4.69) is 11.1 Å². The molecule has 74 valence electrons. The van der Waals surface area contributed by atoms with Gasteiger partial charge in [0, 0.05) is 16.9 Å². The lowest BCUT2D eigenvalue weighted by molar-refractivity contribution is 1.06. The van der Waals surface area contributed by atoms with Crippen molar-refractivity contribution in [2.45, 2.75) is 32.6 Å². The maximum absolute atomic E-state index is 5.87. The van der Waals surface area contributed by atoms with E-state index in [0.717, 1.165) is 22.2 Å². The minimum absolute atomic E-state index is 0.755. The van der Waals surface area contributed by atoms with Gasteiger partial charge in [-0.15, -0.1) is 0 Å². The fourth-order valence-electron chi connectivity index (χ4n) is 1.57. The van der Waals surface area contributed by atoms with Gasteiger partial charge in [-0.05, 0) is 55.9 Å². The summed E-state index contributed by atoms with van der Waals surface area (Å²) < 4.78 is 0. The van der Waals surface area contributed by atoms with Crippen molar-refractivity contribution in [1.29, 1.82) is 0 Å². The van der Waals surface area contributed by atoms with Crippen molar-refractivity contribution in [3.8, 4) is 0 Å². The summed E-state index contributed by atoms with van der Waals surface area (Å²) in [7, 11) is 0. The first-order chi connectivity index (χ1) is 6.66. The molecule has 2 heteroatoms. The van der Waals surface area contributed by atoms with E-state index in [4.69, 9.17) is 11.6 Å². The third kappa shape index (κ3) is 2.16. The van der Waals surface area contributed by atoms with Gasteiger partial charge in [0.25, 0.3) is 0 Å². The van der Waals surface area contributed by atoms with Gasteiger partial charge in [-0.25, -0.2) is 0 Å². The van der Waals surface area contributed by atoms with Gasteiger partial charge in [0.05, 0.1) is 0 Å². The molecule has 0 atom stereocenters. The van der Waals surface area contributed by atoms with Crippen LogP contribution >= 0.6 is 11.6 Å². The first kappa shape index (κ1) is 9.72. The molecule has 1 nitrogen and oxygen atoms in total. The van der Waals surface area contributed by atoms with Crippen LogP contribution in [0.2, 0.25) is 0 Å². The Morgan fingerprint density at radius 3 is 2.86 bits per heavy atom. The molecular formula is C12H14ClN. The van der Waals surface area contributed by atoms with Gasteiger partial charge < -0.3 is 0 Å². The van der Waals surface area contributed by atoms with Gasteiger partial charge in [-0.1, -0.05) is 11.6 Å². The number of aromatic nitrogens is 1. The molecule has 14 heavy (non-hydrogen) atoms. The van der Waals surface area contributed by atoms with Crippen molar-refractivity contribution < 1.29 is 0 Å². The largest absolute Gasteiger partial charge is 0.261 e. The zero-order chi connectivity index (χ0) is 10.1. The van der Waals surface area contributed by atoms with Crippen LogP contribution in [0.1, 0.15) is 42.5 Å². The molecule has 1 aromatic rings. The lowest BCUT2D eigenvalue weighted by atomic mass is 10.1. The zero-order valence-electron chi connectivity index (χ0n) is 8.55. The van der Waals surface area contributed by atoms with Crippen LogP contribution < -0.4 is 0 Å². The van der Waals surface area contributed by atoms with E-state index in [1.807, 2.05) is 26.1 Å². The van der Waals surface area contributed by atoms with E-state index in [0.29, 0.717) is 0 Å². The lowest BCUT2D eigenvalue weighted by Crippen LogP contribution is -1.90. The quantitative estimate of drug-likeness (QED) is 0.718. The van der Waals surface area contributed by atoms with Gasteiger partial charge in [0.1, 0.15) is 0 Å². The van der Waals surface area contributed by atoms with Crippen LogP contribution in [0.3, 0.4) is 0 Å². The molecular weight excluding hydrogens is 194 g/mol. The summed E-state index contributed by atoms with van der Waals surface area (Å²) in [6, 6.07) is 2.21. The topological polar surface area (TPSA) is 12.9 Å². The Hall–Kier alpha value is -0.820. The molecule has 0 radical (unpaired) electrons. The lowest BCUT2D eigenvalue weighted by Gasteiger charge is -2.03. The molecule has 1 aromatic heterocycles. The Kier molecular flexibility index (Phi) is 2.60. The molecule has 2 rings (SSSR count). The van der Waals surface area contributed by atoms with E-state index in [9.17, 15) is 0 Å². The number of allylic oxidation sites excluding steroid dienone is 1. The normalized spacial score (nSPS) is 17.2. The van der Waals surface area contributed by atoms with Crippen LogP contribution in [-0.2, 0) is 0 Å². The van der Waals surface area contributed by atoms with E-state index < -0.39 is 0 Å². The van der Waals surface area contributed by atoms with Crippen molar-refractivity contribution >= 4 is 17.7 Å². The summed E-state index contributed by atoms with van der Waals surface area (Å²) >= 11 is 5.87. The number of hydrogen-bond donors (Lipinski definition) is 0. The third-order valence-electron chi connectivity index (χ3n) is 2.55. The van der Waals surface area contributed by atoms with Crippen LogP contribution in [0.25, 0.3) is 6.08 Å². The third-order valence-corrected chi connectivity index (χ3v) is 2.66. The fourth-order valence-corrected chi connectivity index (χ4v) is 1.69. The standard InChI is InChI=1S/C12H14ClN/c1-8(13)5-11-6-12(10-3-4-10)7-14-9(11)2/h5-7,10H,3-4H2,1-2H3/b8-5+. The SMILES string of the molecule is C/C(Cl)=C\c1cc(C2CC2)cnc1C. The molecule has 1 aliphatic carbocycles. The van der Waals surface area contributed by atoms with Gasteiger partial charge in [0.2, 0.25) is 0 Å². The average molecular weight is 208 g/mol. The summed E-state index contributed by atoms with van der Waals surface area (Å²) in [6.45, 7) is 3.91. The second-order valence-electron chi connectivity index (χ2n) is 3.95. The molecule has 0 spiro atoms. The highest BCUT2D eigenvalue weighted by atomic mass is 35.5. The smallest absolute Gasteiger partial charge is 0.0445 e. The molecule has 0 saturated heterocycles. The number of hydrogen-bond acceptors (Lipinski definition) is 1. The summed E-state index contributed by atoms with van der Waals surface area (Å²) in [5.41, 5.74) is 3.57. The molecule has 1 fully saturated rings. The first-order valence-electron chi connectivity index (χ1n) is 4.97. The molecule has 0 aromatic carbocycles. The molecule has 0 N–H and O–H groups in total. The minimum atomic E-state index is 0.755. The Bertz CT molecular complexity index is 374. The van der Waals surface area contributed by atoms with Gasteiger partial charge in [-0.2, -0.15) is 0 Å². The Balaban J connectivity index is 2.36. The van der Waals surface area contributed by atoms with Gasteiger partial charge in [-0.3, -0.25) is 4.98 Å². The second-order valence-corrected chi connectivity index (χ2v) is 4.54. The van der Waals surface area contributed by atoms with Crippen LogP contribution in [-0.4, -0.2) is 4.98 Å². The predicted molar refractivity (Wildman–Crippen MR) is 60.5 cm³/mol. The number of pyridine rings is 1. The second kappa shape index (κ2) is 3.74. The van der Waals surface area contributed by atoms with Crippen molar-refractivity contribution in [2.75, 3.05) is 0 Å². The molecule has 0 unspecified atom stereocenters. The molecule has 0 bridgehead atoms. The monoisotopic (exact) mass is 207 g/mol. The number of aryl methyl sites for hydroxylation is 1. The summed E-state index contributed by atoms with van der Waals surface area (Å²) in [6.07, 6.45) is 6.60. The van der Waals surface area contributed by atoms with E-state index >= 15 is 0 Å². The Morgan fingerprint density at radius 1 is 1.57 bits per heavy atom. The van der Waals surface area contributed by atoms with Crippen LogP contribution in [0.4, 0.5) is 0 Å². The number of halogens is 1. The van der Waals surface area contributed by atoms with Crippen LogP contribution in [0.15, 0.2) is 17.3 Å². The fraction of sp³-hybridized carbons (Fsp3) is 0.417. The van der Waals surface area contributed by atoms with Gasteiger partial charge >= 0.3 is 0 Å². The highest BCUT2D eigenvalue weighted by Crippen LogP contribution is 2.40. The summed E-state index contributed by atoms with van der Waals surface area (Å²) in [5.74, 6) is 0.755. The average Bonchev–Trinajstić information content (AvgIpc) is 2.91. The van der Waals surface area contributed by atoms with Crippen molar-refractivity contribution in [3.63, 3.8) is 0 Å². The van der Waals surface area contributed by atoms with Crippen LogP contribution in [0.5, 0.6) is 0 Å². The number of nitrogens with zero attached hydrogens (tertiary/aromatic N) is 1. The number of rotatable bonds is 2. The Morgan fingerprint density at radius 2 is 2.29 bits per heavy atom. The van der Waals surface area contributed by atoms with Crippen molar-refractivity contribution in [2.24, 2.45) is 0 Å². The van der Waals surface area contributed by atoms with E-state index in [1.54, 1.807) is 0 Å². The highest BCUT2D eigenvalue weighted by Gasteiger charge is 2.23. The zero-order valence-corrected chi connectivity index (χ0v) is 9.30. The van der Waals surface area contributed by atoms with Crippen molar-refractivity contribution in [1.82, 2.24) is 4.98 Å². The first-order valence-corrected chi connectivity index (χ1v) is 5.35.